The van der Waals surface area contributed by atoms with Gasteiger partial charge >= 0.3 is 6.18 Å². The lowest BCUT2D eigenvalue weighted by Gasteiger charge is -2.07. The molecule has 0 atom stereocenters. The Hall–Kier alpha value is -1.89. The van der Waals surface area contributed by atoms with Gasteiger partial charge in [0.1, 0.15) is 0 Å². The highest BCUT2D eigenvalue weighted by Crippen LogP contribution is 2.29. The summed E-state index contributed by atoms with van der Waals surface area (Å²) in [4.78, 5) is 0. The number of alkyl halides is 3. The number of halogens is 3. The molecule has 1 aromatic carbocycles. The second kappa shape index (κ2) is 6.04. The number of rotatable bonds is 5. The van der Waals surface area contributed by atoms with E-state index < -0.39 is 11.7 Å². The van der Waals surface area contributed by atoms with E-state index in [0.717, 1.165) is 23.4 Å². The molecule has 0 aliphatic rings. The third-order valence-corrected chi connectivity index (χ3v) is 2.80. The fraction of sp³-hybridized carbons (Fsp3) is 0.385. The van der Waals surface area contributed by atoms with Crippen molar-refractivity contribution in [2.45, 2.75) is 25.6 Å². The first kappa shape index (κ1) is 14.5. The van der Waals surface area contributed by atoms with E-state index >= 15 is 0 Å². The van der Waals surface area contributed by atoms with Crippen LogP contribution in [0.2, 0.25) is 0 Å². The molecule has 0 aliphatic carbocycles. The fourth-order valence-corrected chi connectivity index (χ4v) is 1.78. The van der Waals surface area contributed by atoms with Crippen molar-refractivity contribution in [3.05, 3.63) is 47.3 Å². The molecule has 4 nitrogen and oxygen atoms in total. The van der Waals surface area contributed by atoms with E-state index in [1.165, 1.54) is 12.1 Å². The van der Waals surface area contributed by atoms with Crippen molar-refractivity contribution in [3.63, 3.8) is 0 Å². The van der Waals surface area contributed by atoms with Crippen molar-refractivity contribution >= 4 is 0 Å². The predicted octanol–water partition coefficient (Wildman–Crippen LogP) is 2.27. The van der Waals surface area contributed by atoms with Gasteiger partial charge in [0.05, 0.1) is 17.8 Å². The van der Waals surface area contributed by atoms with E-state index in [2.05, 4.69) is 10.3 Å². The van der Waals surface area contributed by atoms with Crippen molar-refractivity contribution in [3.8, 4) is 0 Å². The van der Waals surface area contributed by atoms with Gasteiger partial charge in [-0.05, 0) is 30.5 Å². The zero-order chi connectivity index (χ0) is 14.6. The quantitative estimate of drug-likeness (QED) is 0.917. The van der Waals surface area contributed by atoms with Gasteiger partial charge in [-0.1, -0.05) is 17.3 Å². The van der Waals surface area contributed by atoms with E-state index in [9.17, 15) is 13.2 Å². The molecule has 0 aliphatic heterocycles. The van der Waals surface area contributed by atoms with E-state index in [4.69, 9.17) is 5.11 Å². The molecular weight excluding hydrogens is 271 g/mol. The zero-order valence-electron chi connectivity index (χ0n) is 10.6. The lowest BCUT2D eigenvalue weighted by atomic mass is 10.1. The Morgan fingerprint density at radius 2 is 1.85 bits per heavy atom. The molecule has 2 rings (SSSR count). The smallest absolute Gasteiger partial charge is 0.396 e. The Morgan fingerprint density at radius 1 is 1.15 bits per heavy atom. The van der Waals surface area contributed by atoms with Crippen LogP contribution in [0.4, 0.5) is 13.2 Å². The monoisotopic (exact) mass is 285 g/mol. The van der Waals surface area contributed by atoms with Crippen molar-refractivity contribution in [1.29, 1.82) is 0 Å². The van der Waals surface area contributed by atoms with Gasteiger partial charge in [0.15, 0.2) is 0 Å². The molecule has 1 heterocycles. The minimum Gasteiger partial charge on any atom is -0.396 e. The highest BCUT2D eigenvalue weighted by atomic mass is 19.4. The molecule has 20 heavy (non-hydrogen) atoms. The lowest BCUT2D eigenvalue weighted by Crippen LogP contribution is -2.05. The summed E-state index contributed by atoms with van der Waals surface area (Å²) in [6.07, 6.45) is -1.35. The second-order valence-electron chi connectivity index (χ2n) is 4.43. The van der Waals surface area contributed by atoms with Crippen LogP contribution in [-0.4, -0.2) is 26.7 Å². The molecule has 0 saturated carbocycles. The molecule has 0 amide bonds. The molecule has 0 unspecified atom stereocenters. The van der Waals surface area contributed by atoms with Crippen LogP contribution >= 0.6 is 0 Å². The number of benzene rings is 1. The Labute approximate surface area is 113 Å². The van der Waals surface area contributed by atoms with Gasteiger partial charge in [0.25, 0.3) is 0 Å². The van der Waals surface area contributed by atoms with Gasteiger partial charge in [-0.25, -0.2) is 4.68 Å². The molecule has 0 spiro atoms. The van der Waals surface area contributed by atoms with Gasteiger partial charge in [-0.15, -0.1) is 5.10 Å². The standard InChI is InChI=1S/C13H14F3N3O/c14-13(15,16)11-5-3-10(4-6-11)8-19-9-12(17-18-19)2-1-7-20/h3-6,9,20H,1-2,7-8H2. The Balaban J connectivity index is 2.01. The summed E-state index contributed by atoms with van der Waals surface area (Å²) in [5.41, 5.74) is 0.811. The third kappa shape index (κ3) is 3.80. The average Bonchev–Trinajstić information content (AvgIpc) is 2.83. The number of aryl methyl sites for hydroxylation is 1. The molecule has 2 aromatic rings. The summed E-state index contributed by atoms with van der Waals surface area (Å²) in [5.74, 6) is 0. The molecule has 1 aromatic heterocycles. The van der Waals surface area contributed by atoms with Crippen LogP contribution in [0.3, 0.4) is 0 Å². The van der Waals surface area contributed by atoms with Gasteiger partial charge < -0.3 is 5.11 Å². The van der Waals surface area contributed by atoms with E-state index in [1.54, 1.807) is 10.9 Å². The van der Waals surface area contributed by atoms with Gasteiger partial charge in [0.2, 0.25) is 0 Å². The predicted molar refractivity (Wildman–Crippen MR) is 66.0 cm³/mol. The largest absolute Gasteiger partial charge is 0.416 e. The molecule has 1 N–H and O–H groups in total. The molecular formula is C13H14F3N3O. The highest BCUT2D eigenvalue weighted by Gasteiger charge is 2.29. The van der Waals surface area contributed by atoms with Crippen LogP contribution in [0, 0.1) is 0 Å². The van der Waals surface area contributed by atoms with Crippen molar-refractivity contribution in [2.75, 3.05) is 6.61 Å². The number of aliphatic hydroxyl groups excluding tert-OH is 1. The van der Waals surface area contributed by atoms with E-state index in [0.29, 0.717) is 19.4 Å². The first-order valence-corrected chi connectivity index (χ1v) is 6.15. The summed E-state index contributed by atoms with van der Waals surface area (Å²) in [7, 11) is 0. The Kier molecular flexibility index (Phi) is 4.39. The second-order valence-corrected chi connectivity index (χ2v) is 4.43. The van der Waals surface area contributed by atoms with Crippen LogP contribution in [-0.2, 0) is 19.1 Å². The summed E-state index contributed by atoms with van der Waals surface area (Å²) in [5, 5.41) is 16.5. The number of aliphatic hydroxyl groups is 1. The van der Waals surface area contributed by atoms with E-state index in [-0.39, 0.29) is 6.61 Å². The maximum Gasteiger partial charge on any atom is 0.416 e. The zero-order valence-corrected chi connectivity index (χ0v) is 10.6. The molecule has 108 valence electrons. The molecule has 0 saturated heterocycles. The average molecular weight is 285 g/mol. The van der Waals surface area contributed by atoms with Crippen molar-refractivity contribution in [2.24, 2.45) is 0 Å². The highest BCUT2D eigenvalue weighted by molar-refractivity contribution is 5.24. The van der Waals surface area contributed by atoms with Crippen LogP contribution in [0.1, 0.15) is 23.2 Å². The van der Waals surface area contributed by atoms with Crippen molar-refractivity contribution < 1.29 is 18.3 Å². The van der Waals surface area contributed by atoms with Gasteiger partial charge in [-0.3, -0.25) is 0 Å². The van der Waals surface area contributed by atoms with E-state index in [1.807, 2.05) is 0 Å². The first-order valence-electron chi connectivity index (χ1n) is 6.15. The lowest BCUT2D eigenvalue weighted by molar-refractivity contribution is -0.137. The topological polar surface area (TPSA) is 50.9 Å². The fourth-order valence-electron chi connectivity index (χ4n) is 1.78. The van der Waals surface area contributed by atoms with Crippen LogP contribution in [0.25, 0.3) is 0 Å². The summed E-state index contributed by atoms with van der Waals surface area (Å²) in [6, 6.07) is 4.97. The number of aromatic nitrogens is 3. The molecule has 0 fully saturated rings. The molecule has 0 bridgehead atoms. The molecule has 0 radical (unpaired) electrons. The maximum absolute atomic E-state index is 12.4. The Bertz CT molecular complexity index is 549. The number of nitrogens with zero attached hydrogens (tertiary/aromatic N) is 3. The van der Waals surface area contributed by atoms with Crippen LogP contribution in [0.15, 0.2) is 30.5 Å². The summed E-state index contributed by atoms with van der Waals surface area (Å²) >= 11 is 0. The minimum atomic E-state index is -4.32. The summed E-state index contributed by atoms with van der Waals surface area (Å²) in [6.45, 7) is 0.454. The normalized spacial score (nSPS) is 11.8. The molecule has 7 heteroatoms. The van der Waals surface area contributed by atoms with Gasteiger partial charge in [0, 0.05) is 12.8 Å². The van der Waals surface area contributed by atoms with Crippen molar-refractivity contribution in [1.82, 2.24) is 15.0 Å². The number of hydrogen-bond donors (Lipinski definition) is 1. The summed E-state index contributed by atoms with van der Waals surface area (Å²) < 4.78 is 38.8. The SMILES string of the molecule is OCCCc1cn(Cc2ccc(C(F)(F)F)cc2)nn1. The van der Waals surface area contributed by atoms with Gasteiger partial charge in [-0.2, -0.15) is 13.2 Å². The first-order chi connectivity index (χ1) is 9.49. The minimum absolute atomic E-state index is 0.0891. The Morgan fingerprint density at radius 3 is 2.45 bits per heavy atom. The van der Waals surface area contributed by atoms with Crippen LogP contribution < -0.4 is 0 Å². The maximum atomic E-state index is 12.4. The number of hydrogen-bond acceptors (Lipinski definition) is 3. The van der Waals surface area contributed by atoms with Crippen LogP contribution in [0.5, 0.6) is 0 Å². The third-order valence-electron chi connectivity index (χ3n) is 2.80.